The lowest BCUT2D eigenvalue weighted by molar-refractivity contribution is 0.0998. The Morgan fingerprint density at radius 2 is 1.75 bits per heavy atom. The lowest BCUT2D eigenvalue weighted by Gasteiger charge is -2.07. The molecule has 0 aliphatic carbocycles. The van der Waals surface area contributed by atoms with Gasteiger partial charge in [0.25, 0.3) is 5.91 Å². The van der Waals surface area contributed by atoms with Crippen LogP contribution in [0.5, 0.6) is 0 Å². The summed E-state index contributed by atoms with van der Waals surface area (Å²) in [6.07, 6.45) is 0. The summed E-state index contributed by atoms with van der Waals surface area (Å²) in [4.78, 5) is 23.0. The Balaban J connectivity index is 2.18. The van der Waals surface area contributed by atoms with Gasteiger partial charge in [0.05, 0.1) is 10.6 Å². The minimum Gasteiger partial charge on any atom is -0.366 e. The smallest absolute Gasteiger partial charge is 0.255 e. The molecule has 0 heterocycles. The molecule has 0 aliphatic heterocycles. The fourth-order valence-corrected chi connectivity index (χ4v) is 2.14. The van der Waals surface area contributed by atoms with Crippen molar-refractivity contribution in [2.75, 3.05) is 5.32 Å². The van der Waals surface area contributed by atoms with E-state index in [1.165, 1.54) is 12.1 Å². The van der Waals surface area contributed by atoms with Crippen LogP contribution in [-0.4, -0.2) is 11.8 Å². The second-order valence-corrected chi connectivity index (χ2v) is 5.34. The van der Waals surface area contributed by atoms with Crippen LogP contribution in [0.4, 0.5) is 5.69 Å². The minimum absolute atomic E-state index is 0.200. The van der Waals surface area contributed by atoms with Crippen LogP contribution in [0, 0.1) is 0 Å². The van der Waals surface area contributed by atoms with E-state index in [1.54, 1.807) is 30.3 Å². The van der Waals surface area contributed by atoms with Crippen molar-refractivity contribution in [1.29, 1.82) is 0 Å². The molecule has 0 bridgehead atoms. The molecule has 0 unspecified atom stereocenters. The van der Waals surface area contributed by atoms with Crippen molar-refractivity contribution in [2.45, 2.75) is 0 Å². The van der Waals surface area contributed by atoms with Gasteiger partial charge in [0.15, 0.2) is 0 Å². The van der Waals surface area contributed by atoms with E-state index in [1.807, 2.05) is 0 Å². The van der Waals surface area contributed by atoms with Gasteiger partial charge in [-0.25, -0.2) is 0 Å². The van der Waals surface area contributed by atoms with Crippen LogP contribution in [0.25, 0.3) is 0 Å². The fourth-order valence-electron chi connectivity index (χ4n) is 1.60. The standard InChI is InChI=1S/C14H10BrClN2O2/c15-9-3-1-8(2-4-9)14(20)18-10-5-6-11(13(17)19)12(16)7-10/h1-7H,(H2,17,19)(H,18,20). The molecule has 4 nitrogen and oxygen atoms in total. The number of amides is 2. The number of carbonyl (C=O) groups is 2. The van der Waals surface area contributed by atoms with E-state index in [0.29, 0.717) is 11.3 Å². The third-order valence-electron chi connectivity index (χ3n) is 2.60. The van der Waals surface area contributed by atoms with E-state index in [-0.39, 0.29) is 16.5 Å². The van der Waals surface area contributed by atoms with Crippen molar-refractivity contribution in [3.05, 3.63) is 63.1 Å². The van der Waals surface area contributed by atoms with Crippen LogP contribution in [0.3, 0.4) is 0 Å². The first kappa shape index (κ1) is 14.6. The quantitative estimate of drug-likeness (QED) is 0.887. The zero-order chi connectivity index (χ0) is 14.7. The van der Waals surface area contributed by atoms with Crippen LogP contribution in [-0.2, 0) is 0 Å². The monoisotopic (exact) mass is 352 g/mol. The van der Waals surface area contributed by atoms with Gasteiger partial charge in [0.1, 0.15) is 0 Å². The zero-order valence-corrected chi connectivity index (χ0v) is 12.5. The number of nitrogens with one attached hydrogen (secondary N) is 1. The summed E-state index contributed by atoms with van der Waals surface area (Å²) >= 11 is 9.22. The summed E-state index contributed by atoms with van der Waals surface area (Å²) < 4.78 is 0.892. The molecule has 0 fully saturated rings. The number of nitrogens with two attached hydrogens (primary N) is 1. The van der Waals surface area contributed by atoms with Gasteiger partial charge in [-0.2, -0.15) is 0 Å². The lowest BCUT2D eigenvalue weighted by atomic mass is 10.1. The molecule has 3 N–H and O–H groups in total. The molecule has 0 spiro atoms. The maximum atomic E-state index is 12.0. The molecule has 2 rings (SSSR count). The van der Waals surface area contributed by atoms with Crippen LogP contribution < -0.4 is 11.1 Å². The summed E-state index contributed by atoms with van der Waals surface area (Å²) in [6.45, 7) is 0. The summed E-state index contributed by atoms with van der Waals surface area (Å²) in [5, 5.41) is 2.89. The van der Waals surface area contributed by atoms with Gasteiger partial charge in [0.2, 0.25) is 5.91 Å². The number of halogens is 2. The molecule has 2 aromatic carbocycles. The van der Waals surface area contributed by atoms with Gasteiger partial charge in [-0.05, 0) is 42.5 Å². The van der Waals surface area contributed by atoms with Crippen LogP contribution in [0.2, 0.25) is 5.02 Å². The summed E-state index contributed by atoms with van der Waals surface area (Å²) in [7, 11) is 0. The van der Waals surface area contributed by atoms with E-state index in [4.69, 9.17) is 17.3 Å². The molecule has 0 aromatic heterocycles. The zero-order valence-electron chi connectivity index (χ0n) is 10.2. The van der Waals surface area contributed by atoms with Crippen LogP contribution >= 0.6 is 27.5 Å². The van der Waals surface area contributed by atoms with E-state index in [0.717, 1.165) is 4.47 Å². The van der Waals surface area contributed by atoms with Gasteiger partial charge in [-0.15, -0.1) is 0 Å². The minimum atomic E-state index is -0.610. The number of anilines is 1. The second kappa shape index (κ2) is 6.07. The molecular formula is C14H10BrClN2O2. The number of benzene rings is 2. The SMILES string of the molecule is NC(=O)c1ccc(NC(=O)c2ccc(Br)cc2)cc1Cl. The average Bonchev–Trinajstić information content (AvgIpc) is 2.39. The number of carbonyl (C=O) groups excluding carboxylic acids is 2. The Hall–Kier alpha value is -1.85. The maximum absolute atomic E-state index is 12.0. The topological polar surface area (TPSA) is 72.2 Å². The normalized spacial score (nSPS) is 10.1. The number of hydrogen-bond donors (Lipinski definition) is 2. The molecule has 2 amide bonds. The van der Waals surface area contributed by atoms with Crippen molar-refractivity contribution < 1.29 is 9.59 Å². The highest BCUT2D eigenvalue weighted by Crippen LogP contribution is 2.21. The molecule has 0 radical (unpaired) electrons. The lowest BCUT2D eigenvalue weighted by Crippen LogP contribution is -2.14. The molecule has 0 saturated heterocycles. The Morgan fingerprint density at radius 1 is 1.10 bits per heavy atom. The average molecular weight is 354 g/mol. The highest BCUT2D eigenvalue weighted by atomic mass is 79.9. The third-order valence-corrected chi connectivity index (χ3v) is 3.44. The predicted octanol–water partition coefficient (Wildman–Crippen LogP) is 3.45. The van der Waals surface area contributed by atoms with Crippen molar-refractivity contribution >= 4 is 45.0 Å². The Morgan fingerprint density at radius 3 is 2.30 bits per heavy atom. The molecule has 6 heteroatoms. The summed E-state index contributed by atoms with van der Waals surface area (Å²) in [5.74, 6) is -0.874. The number of hydrogen-bond acceptors (Lipinski definition) is 2. The Bertz CT molecular complexity index is 671. The van der Waals surface area contributed by atoms with Gasteiger partial charge in [-0.3, -0.25) is 9.59 Å². The van der Waals surface area contributed by atoms with Crippen LogP contribution in [0.1, 0.15) is 20.7 Å². The highest BCUT2D eigenvalue weighted by Gasteiger charge is 2.10. The molecule has 0 aliphatic rings. The van der Waals surface area contributed by atoms with Gasteiger partial charge in [-0.1, -0.05) is 27.5 Å². The van der Waals surface area contributed by atoms with Crippen molar-refractivity contribution in [3.63, 3.8) is 0 Å². The Kier molecular flexibility index (Phi) is 4.42. The Labute approximate surface area is 129 Å². The van der Waals surface area contributed by atoms with E-state index < -0.39 is 5.91 Å². The maximum Gasteiger partial charge on any atom is 0.255 e. The molecule has 20 heavy (non-hydrogen) atoms. The van der Waals surface area contributed by atoms with Crippen molar-refractivity contribution in [3.8, 4) is 0 Å². The molecule has 0 atom stereocenters. The fraction of sp³-hybridized carbons (Fsp3) is 0. The van der Waals surface area contributed by atoms with Crippen LogP contribution in [0.15, 0.2) is 46.9 Å². The third kappa shape index (κ3) is 3.37. The van der Waals surface area contributed by atoms with Crippen molar-refractivity contribution in [1.82, 2.24) is 0 Å². The van der Waals surface area contributed by atoms with Gasteiger partial charge < -0.3 is 11.1 Å². The molecular weight excluding hydrogens is 344 g/mol. The van der Waals surface area contributed by atoms with Gasteiger partial charge in [0, 0.05) is 15.7 Å². The summed E-state index contributed by atoms with van der Waals surface area (Å²) in [5.41, 5.74) is 6.38. The molecule has 0 saturated carbocycles. The van der Waals surface area contributed by atoms with E-state index in [2.05, 4.69) is 21.2 Å². The highest BCUT2D eigenvalue weighted by molar-refractivity contribution is 9.10. The van der Waals surface area contributed by atoms with E-state index in [9.17, 15) is 9.59 Å². The molecule has 2 aromatic rings. The number of rotatable bonds is 3. The first-order valence-electron chi connectivity index (χ1n) is 5.63. The first-order chi connectivity index (χ1) is 9.47. The van der Waals surface area contributed by atoms with Crippen molar-refractivity contribution in [2.24, 2.45) is 5.73 Å². The summed E-state index contributed by atoms with van der Waals surface area (Å²) in [6, 6.07) is 11.5. The second-order valence-electron chi connectivity index (χ2n) is 4.02. The van der Waals surface area contributed by atoms with E-state index >= 15 is 0 Å². The number of primary amides is 1. The largest absolute Gasteiger partial charge is 0.366 e. The van der Waals surface area contributed by atoms with Gasteiger partial charge >= 0.3 is 0 Å². The predicted molar refractivity (Wildman–Crippen MR) is 82.1 cm³/mol. The molecule has 102 valence electrons. The first-order valence-corrected chi connectivity index (χ1v) is 6.81.